The first-order valence-corrected chi connectivity index (χ1v) is 9.27. The van der Waals surface area contributed by atoms with Crippen molar-refractivity contribution in [2.45, 2.75) is 26.7 Å². The second-order valence-electron chi connectivity index (χ2n) is 7.28. The predicted molar refractivity (Wildman–Crippen MR) is 111 cm³/mol. The number of carbonyl (C=O) groups excluding carboxylic acids is 1. The van der Waals surface area contributed by atoms with Crippen molar-refractivity contribution in [1.29, 1.82) is 0 Å². The van der Waals surface area contributed by atoms with E-state index in [2.05, 4.69) is 62.4 Å². The number of hydrogen-bond donors (Lipinski definition) is 0. The van der Waals surface area contributed by atoms with Crippen LogP contribution in [0.15, 0.2) is 78.4 Å². The number of rotatable bonds is 3. The molecule has 0 aromatic heterocycles. The topological polar surface area (TPSA) is 26.3 Å². The average Bonchev–Trinajstić information content (AvgIpc) is 3.08. The Morgan fingerprint density at radius 1 is 0.889 bits per heavy atom. The molecule has 2 heteroatoms. The van der Waals surface area contributed by atoms with Crippen LogP contribution < -0.4 is 0 Å². The van der Waals surface area contributed by atoms with Crippen molar-refractivity contribution in [3.63, 3.8) is 0 Å². The maximum Gasteiger partial charge on any atom is 0.343 e. The maximum absolute atomic E-state index is 12.5. The molecule has 0 N–H and O–H groups in total. The summed E-state index contributed by atoms with van der Waals surface area (Å²) in [6.07, 6.45) is 1.86. The minimum Gasteiger partial charge on any atom is -0.422 e. The van der Waals surface area contributed by atoms with Gasteiger partial charge in [0.05, 0.1) is 5.57 Å². The molecule has 0 radical (unpaired) electrons. The van der Waals surface area contributed by atoms with Gasteiger partial charge in [-0.1, -0.05) is 74.5 Å². The highest BCUT2D eigenvalue weighted by Crippen LogP contribution is 2.32. The van der Waals surface area contributed by atoms with E-state index in [4.69, 9.17) is 4.74 Å². The second kappa shape index (κ2) is 6.88. The lowest BCUT2D eigenvalue weighted by Gasteiger charge is -2.08. The van der Waals surface area contributed by atoms with Crippen molar-refractivity contribution < 1.29 is 9.53 Å². The van der Waals surface area contributed by atoms with Crippen LogP contribution in [0.25, 0.3) is 22.1 Å². The number of benzene rings is 3. The second-order valence-corrected chi connectivity index (χ2v) is 7.28. The zero-order valence-corrected chi connectivity index (χ0v) is 15.8. The van der Waals surface area contributed by atoms with Crippen LogP contribution in [0.1, 0.15) is 43.4 Å². The zero-order valence-electron chi connectivity index (χ0n) is 15.8. The van der Waals surface area contributed by atoms with Gasteiger partial charge in [-0.05, 0) is 52.5 Å². The molecule has 0 spiro atoms. The molecular weight excluding hydrogens is 332 g/mol. The van der Waals surface area contributed by atoms with Crippen LogP contribution in [0.2, 0.25) is 0 Å². The van der Waals surface area contributed by atoms with Crippen LogP contribution in [0, 0.1) is 0 Å². The molecule has 27 heavy (non-hydrogen) atoms. The van der Waals surface area contributed by atoms with Gasteiger partial charge in [-0.25, -0.2) is 4.79 Å². The summed E-state index contributed by atoms with van der Waals surface area (Å²) >= 11 is 0. The van der Waals surface area contributed by atoms with Crippen molar-refractivity contribution in [2.24, 2.45) is 0 Å². The van der Waals surface area contributed by atoms with Gasteiger partial charge in [0, 0.05) is 5.56 Å². The van der Waals surface area contributed by atoms with Crippen LogP contribution in [-0.4, -0.2) is 5.97 Å². The first-order valence-electron chi connectivity index (χ1n) is 9.27. The van der Waals surface area contributed by atoms with Gasteiger partial charge < -0.3 is 4.74 Å². The lowest BCUT2D eigenvalue weighted by molar-refractivity contribution is -0.130. The molecule has 4 rings (SSSR count). The van der Waals surface area contributed by atoms with E-state index < -0.39 is 0 Å². The Morgan fingerprint density at radius 3 is 2.30 bits per heavy atom. The molecule has 3 aromatic rings. The summed E-state index contributed by atoms with van der Waals surface area (Å²) in [5, 5.41) is 2.30. The van der Waals surface area contributed by atoms with Crippen molar-refractivity contribution in [3.8, 4) is 0 Å². The fourth-order valence-corrected chi connectivity index (χ4v) is 3.39. The van der Waals surface area contributed by atoms with Crippen molar-refractivity contribution in [3.05, 3.63) is 95.1 Å². The van der Waals surface area contributed by atoms with E-state index in [1.54, 1.807) is 0 Å². The molecule has 1 aliphatic heterocycles. The molecule has 0 unspecified atom stereocenters. The van der Waals surface area contributed by atoms with Gasteiger partial charge in [-0.15, -0.1) is 0 Å². The number of ether oxygens (including phenoxy) is 1. The monoisotopic (exact) mass is 354 g/mol. The van der Waals surface area contributed by atoms with E-state index in [1.807, 2.05) is 31.2 Å². The van der Waals surface area contributed by atoms with Gasteiger partial charge in [0.2, 0.25) is 0 Å². The molecule has 2 nitrogen and oxygen atoms in total. The highest BCUT2D eigenvalue weighted by Gasteiger charge is 2.24. The average molecular weight is 354 g/mol. The Kier molecular flexibility index (Phi) is 4.41. The largest absolute Gasteiger partial charge is 0.422 e. The summed E-state index contributed by atoms with van der Waals surface area (Å²) < 4.78 is 5.58. The third-order valence-electron chi connectivity index (χ3n) is 5.15. The van der Waals surface area contributed by atoms with Gasteiger partial charge >= 0.3 is 5.97 Å². The van der Waals surface area contributed by atoms with Crippen LogP contribution >= 0.6 is 0 Å². The maximum atomic E-state index is 12.5. The summed E-state index contributed by atoms with van der Waals surface area (Å²) in [6.45, 7) is 6.32. The van der Waals surface area contributed by atoms with Crippen LogP contribution in [0.4, 0.5) is 0 Å². The smallest absolute Gasteiger partial charge is 0.343 e. The Hall–Kier alpha value is -3.13. The highest BCUT2D eigenvalue weighted by molar-refractivity contribution is 6.07. The van der Waals surface area contributed by atoms with Crippen molar-refractivity contribution in [1.82, 2.24) is 0 Å². The normalized spacial score (nSPS) is 15.9. The number of allylic oxidation sites excluding steroid dienone is 1. The fourth-order valence-electron chi connectivity index (χ4n) is 3.39. The lowest BCUT2D eigenvalue weighted by atomic mass is 9.96. The summed E-state index contributed by atoms with van der Waals surface area (Å²) in [5.74, 6) is 0.811. The molecule has 3 aromatic carbocycles. The minimum absolute atomic E-state index is 0.288. The molecule has 0 bridgehead atoms. The first-order chi connectivity index (χ1) is 13.0. The van der Waals surface area contributed by atoms with Crippen LogP contribution in [-0.2, 0) is 9.53 Å². The summed E-state index contributed by atoms with van der Waals surface area (Å²) in [4.78, 5) is 12.5. The van der Waals surface area contributed by atoms with E-state index in [9.17, 15) is 4.79 Å². The molecule has 0 aliphatic carbocycles. The van der Waals surface area contributed by atoms with Crippen LogP contribution in [0.3, 0.4) is 0 Å². The Bertz CT molecular complexity index is 1080. The molecular formula is C25H22O2. The molecule has 0 saturated heterocycles. The third-order valence-corrected chi connectivity index (χ3v) is 5.15. The summed E-state index contributed by atoms with van der Waals surface area (Å²) in [7, 11) is 0. The number of fused-ring (bicyclic) bond motifs is 1. The quantitative estimate of drug-likeness (QED) is 0.405. The number of hydrogen-bond acceptors (Lipinski definition) is 2. The van der Waals surface area contributed by atoms with E-state index in [0.29, 0.717) is 17.3 Å². The summed E-state index contributed by atoms with van der Waals surface area (Å²) in [5.41, 5.74) is 4.81. The molecule has 0 atom stereocenters. The van der Waals surface area contributed by atoms with Crippen molar-refractivity contribution >= 4 is 28.1 Å². The van der Waals surface area contributed by atoms with E-state index in [1.165, 1.54) is 10.9 Å². The van der Waals surface area contributed by atoms with Crippen LogP contribution in [0.5, 0.6) is 0 Å². The minimum atomic E-state index is -0.288. The van der Waals surface area contributed by atoms with Gasteiger partial charge in [-0.2, -0.15) is 0 Å². The van der Waals surface area contributed by atoms with Crippen molar-refractivity contribution in [2.75, 3.05) is 0 Å². The number of cyclic esters (lactones) is 1. The molecule has 0 fully saturated rings. The predicted octanol–water partition coefficient (Wildman–Crippen LogP) is 6.33. The number of carbonyl (C=O) groups is 1. The molecule has 1 aliphatic rings. The zero-order chi connectivity index (χ0) is 19.0. The molecule has 1 heterocycles. The van der Waals surface area contributed by atoms with Gasteiger partial charge in [-0.3, -0.25) is 0 Å². The Labute approximate surface area is 159 Å². The highest BCUT2D eigenvalue weighted by atomic mass is 16.5. The Morgan fingerprint density at radius 2 is 1.59 bits per heavy atom. The van der Waals surface area contributed by atoms with Gasteiger partial charge in [0.25, 0.3) is 0 Å². The first kappa shape index (κ1) is 17.3. The lowest BCUT2D eigenvalue weighted by Crippen LogP contribution is -2.00. The van der Waals surface area contributed by atoms with Gasteiger partial charge in [0.1, 0.15) is 5.76 Å². The SMILES string of the molecule is C/C(=C1/C=C(c2ccc3ccccc3c2)OC1=O)c1ccc(C(C)C)cc1. The van der Waals surface area contributed by atoms with E-state index in [-0.39, 0.29) is 5.97 Å². The van der Waals surface area contributed by atoms with E-state index >= 15 is 0 Å². The Balaban J connectivity index is 1.71. The fraction of sp³-hybridized carbons (Fsp3) is 0.160. The van der Waals surface area contributed by atoms with Gasteiger partial charge in [0.15, 0.2) is 0 Å². The molecule has 0 saturated carbocycles. The number of esters is 1. The molecule has 134 valence electrons. The molecule has 0 amide bonds. The van der Waals surface area contributed by atoms with E-state index in [0.717, 1.165) is 22.1 Å². The summed E-state index contributed by atoms with van der Waals surface area (Å²) in [6, 6.07) is 22.7. The standard InChI is InChI=1S/C25H22O2/c1-16(2)18-8-10-19(11-9-18)17(3)23-15-24(27-25(23)26)22-13-12-20-6-4-5-7-21(20)14-22/h4-16H,1-3H3/b23-17+. The third kappa shape index (κ3) is 3.31.